The molecule has 2 heterocycles. The van der Waals surface area contributed by atoms with Crippen LogP contribution in [-0.2, 0) is 19.4 Å². The van der Waals surface area contributed by atoms with E-state index in [1.807, 2.05) is 37.3 Å². The number of rotatable bonds is 5. The van der Waals surface area contributed by atoms with Crippen LogP contribution in [0, 0.1) is 0 Å². The lowest BCUT2D eigenvalue weighted by Crippen LogP contribution is -2.26. The summed E-state index contributed by atoms with van der Waals surface area (Å²) >= 11 is 0. The first kappa shape index (κ1) is 15.4. The Kier molecular flexibility index (Phi) is 4.24. The Morgan fingerprint density at radius 2 is 1.83 bits per heavy atom. The average molecular weight is 311 g/mol. The summed E-state index contributed by atoms with van der Waals surface area (Å²) in [6.07, 6.45) is 1.58. The summed E-state index contributed by atoms with van der Waals surface area (Å²) in [4.78, 5) is 14.2. The van der Waals surface area contributed by atoms with Gasteiger partial charge in [0.1, 0.15) is 17.1 Å². The van der Waals surface area contributed by atoms with E-state index in [-0.39, 0.29) is 5.91 Å². The minimum atomic E-state index is -0.114. The summed E-state index contributed by atoms with van der Waals surface area (Å²) in [5.74, 6) is 2.02. The molecule has 0 radical (unpaired) electrons. The van der Waals surface area contributed by atoms with Crippen molar-refractivity contribution in [2.24, 2.45) is 0 Å². The second-order valence-corrected chi connectivity index (χ2v) is 5.63. The Balaban J connectivity index is 1.87. The number of para-hydroxylation sites is 1. The maximum atomic E-state index is 12.5. The predicted molar refractivity (Wildman–Crippen MR) is 89.5 cm³/mol. The van der Waals surface area contributed by atoms with Crippen molar-refractivity contribution < 1.29 is 13.6 Å². The Morgan fingerprint density at radius 3 is 2.52 bits per heavy atom. The zero-order valence-electron chi connectivity index (χ0n) is 13.8. The molecule has 0 saturated carbocycles. The molecular weight excluding hydrogens is 290 g/mol. The lowest BCUT2D eigenvalue weighted by molar-refractivity contribution is 0.0751. The van der Waals surface area contributed by atoms with E-state index in [2.05, 4.69) is 6.92 Å². The van der Waals surface area contributed by atoms with E-state index in [1.54, 1.807) is 18.0 Å². The minimum absolute atomic E-state index is 0.114. The highest BCUT2D eigenvalue weighted by molar-refractivity contribution is 5.92. The molecule has 0 fully saturated rings. The van der Waals surface area contributed by atoms with Crippen LogP contribution in [-0.4, -0.2) is 17.9 Å². The molecule has 2 aromatic heterocycles. The molecule has 1 aromatic carbocycles. The van der Waals surface area contributed by atoms with Crippen molar-refractivity contribution in [2.45, 2.75) is 33.2 Å². The minimum Gasteiger partial charge on any atom is -0.461 e. The fraction of sp³-hybridized carbons (Fsp3) is 0.316. The van der Waals surface area contributed by atoms with Gasteiger partial charge in [-0.15, -0.1) is 0 Å². The zero-order chi connectivity index (χ0) is 16.4. The molecule has 1 amide bonds. The molecule has 4 nitrogen and oxygen atoms in total. The van der Waals surface area contributed by atoms with Gasteiger partial charge in [0.2, 0.25) is 0 Å². The highest BCUT2D eigenvalue weighted by atomic mass is 16.4. The average Bonchev–Trinajstić information content (AvgIpc) is 3.19. The molecule has 0 saturated heterocycles. The molecule has 4 heteroatoms. The number of aryl methyl sites for hydroxylation is 2. The maximum Gasteiger partial charge on any atom is 0.289 e. The third kappa shape index (κ3) is 2.89. The fourth-order valence-corrected chi connectivity index (χ4v) is 2.79. The molecular formula is C19H21NO3. The molecule has 0 N–H and O–H groups in total. The van der Waals surface area contributed by atoms with Crippen LogP contribution >= 0.6 is 0 Å². The summed E-state index contributed by atoms with van der Waals surface area (Å²) in [5, 5.41) is 1.07. The van der Waals surface area contributed by atoms with Crippen molar-refractivity contribution in [1.29, 1.82) is 0 Å². The van der Waals surface area contributed by atoms with Crippen LogP contribution in [0.4, 0.5) is 0 Å². The van der Waals surface area contributed by atoms with E-state index >= 15 is 0 Å². The highest BCUT2D eigenvalue weighted by Gasteiger charge is 2.20. The molecule has 0 aliphatic rings. The highest BCUT2D eigenvalue weighted by Crippen LogP contribution is 2.27. The van der Waals surface area contributed by atoms with Gasteiger partial charge in [-0.25, -0.2) is 0 Å². The third-order valence-electron chi connectivity index (χ3n) is 4.07. The van der Waals surface area contributed by atoms with E-state index in [0.29, 0.717) is 12.3 Å². The van der Waals surface area contributed by atoms with Crippen LogP contribution in [0.25, 0.3) is 11.0 Å². The Labute approximate surface area is 135 Å². The van der Waals surface area contributed by atoms with Crippen LogP contribution in [0.3, 0.4) is 0 Å². The summed E-state index contributed by atoms with van der Waals surface area (Å²) in [6.45, 7) is 4.56. The quantitative estimate of drug-likeness (QED) is 0.700. The van der Waals surface area contributed by atoms with E-state index < -0.39 is 0 Å². The zero-order valence-corrected chi connectivity index (χ0v) is 13.8. The summed E-state index contributed by atoms with van der Waals surface area (Å²) in [5.41, 5.74) is 1.94. The Morgan fingerprint density at radius 1 is 1.04 bits per heavy atom. The van der Waals surface area contributed by atoms with Crippen molar-refractivity contribution in [2.75, 3.05) is 7.05 Å². The van der Waals surface area contributed by atoms with Crippen LogP contribution in [0.5, 0.6) is 0 Å². The second kappa shape index (κ2) is 6.32. The number of benzene rings is 1. The van der Waals surface area contributed by atoms with Crippen LogP contribution in [0.15, 0.2) is 45.2 Å². The van der Waals surface area contributed by atoms with Gasteiger partial charge in [0.15, 0.2) is 5.76 Å². The van der Waals surface area contributed by atoms with Crippen LogP contribution in [0.2, 0.25) is 0 Å². The van der Waals surface area contributed by atoms with Gasteiger partial charge in [-0.05, 0) is 18.2 Å². The largest absolute Gasteiger partial charge is 0.461 e. The van der Waals surface area contributed by atoms with E-state index in [1.165, 1.54) is 0 Å². The molecule has 0 aliphatic heterocycles. The lowest BCUT2D eigenvalue weighted by atomic mass is 10.1. The van der Waals surface area contributed by atoms with Crippen molar-refractivity contribution in [1.82, 2.24) is 4.90 Å². The predicted octanol–water partition coefficient (Wildman–Crippen LogP) is 4.42. The van der Waals surface area contributed by atoms with Gasteiger partial charge in [0.25, 0.3) is 5.91 Å². The SMILES string of the molecule is CCc1ccc(C(=O)N(C)Cc2c(CC)oc3ccccc23)o1. The van der Waals surface area contributed by atoms with Crippen LogP contribution < -0.4 is 0 Å². The Hall–Kier alpha value is -2.49. The smallest absolute Gasteiger partial charge is 0.289 e. The molecule has 0 aliphatic carbocycles. The van der Waals surface area contributed by atoms with Gasteiger partial charge in [-0.2, -0.15) is 0 Å². The van der Waals surface area contributed by atoms with Gasteiger partial charge < -0.3 is 13.7 Å². The lowest BCUT2D eigenvalue weighted by Gasteiger charge is -2.16. The van der Waals surface area contributed by atoms with E-state index in [9.17, 15) is 4.79 Å². The normalized spacial score (nSPS) is 11.1. The fourth-order valence-electron chi connectivity index (χ4n) is 2.79. The van der Waals surface area contributed by atoms with Gasteiger partial charge in [0, 0.05) is 37.4 Å². The Bertz CT molecular complexity index is 828. The second-order valence-electron chi connectivity index (χ2n) is 5.63. The monoisotopic (exact) mass is 311 g/mol. The molecule has 3 aromatic rings. The summed E-state index contributed by atoms with van der Waals surface area (Å²) < 4.78 is 11.5. The first-order valence-electron chi connectivity index (χ1n) is 7.97. The summed E-state index contributed by atoms with van der Waals surface area (Å²) in [7, 11) is 1.79. The van der Waals surface area contributed by atoms with E-state index in [0.717, 1.165) is 40.9 Å². The van der Waals surface area contributed by atoms with Crippen molar-refractivity contribution in [3.63, 3.8) is 0 Å². The van der Waals surface area contributed by atoms with Crippen molar-refractivity contribution in [3.8, 4) is 0 Å². The van der Waals surface area contributed by atoms with Gasteiger partial charge in [0.05, 0.1) is 0 Å². The number of hydrogen-bond acceptors (Lipinski definition) is 3. The molecule has 120 valence electrons. The summed E-state index contributed by atoms with van der Waals surface area (Å²) in [6, 6.07) is 11.5. The number of furan rings is 2. The van der Waals surface area contributed by atoms with Gasteiger partial charge in [-0.1, -0.05) is 32.0 Å². The first-order chi connectivity index (χ1) is 11.1. The molecule has 0 bridgehead atoms. The molecule has 0 unspecified atom stereocenters. The number of nitrogens with zero attached hydrogens (tertiary/aromatic N) is 1. The molecule has 0 atom stereocenters. The van der Waals surface area contributed by atoms with Gasteiger partial charge >= 0.3 is 0 Å². The number of fused-ring (bicyclic) bond motifs is 1. The van der Waals surface area contributed by atoms with Gasteiger partial charge in [-0.3, -0.25) is 4.79 Å². The van der Waals surface area contributed by atoms with Crippen LogP contribution in [0.1, 0.15) is 41.5 Å². The van der Waals surface area contributed by atoms with E-state index in [4.69, 9.17) is 8.83 Å². The molecule has 23 heavy (non-hydrogen) atoms. The standard InChI is InChI=1S/C19H21NO3/c1-4-13-10-11-18(22-13)19(21)20(3)12-15-14-8-6-7-9-17(14)23-16(15)5-2/h6-11H,4-5,12H2,1-3H3. The maximum absolute atomic E-state index is 12.5. The molecule has 3 rings (SSSR count). The first-order valence-corrected chi connectivity index (χ1v) is 7.97. The van der Waals surface area contributed by atoms with Crippen molar-refractivity contribution in [3.05, 3.63) is 59.2 Å². The number of carbonyl (C=O) groups excluding carboxylic acids is 1. The number of carbonyl (C=O) groups is 1. The topological polar surface area (TPSA) is 46.6 Å². The third-order valence-corrected chi connectivity index (χ3v) is 4.07. The number of hydrogen-bond donors (Lipinski definition) is 0. The molecule has 0 spiro atoms. The van der Waals surface area contributed by atoms with Crippen molar-refractivity contribution >= 4 is 16.9 Å². The number of amides is 1.